The van der Waals surface area contributed by atoms with E-state index in [0.717, 1.165) is 13.0 Å². The number of hydrogen-bond acceptors (Lipinski definition) is 5. The third-order valence-corrected chi connectivity index (χ3v) is 3.47. The van der Waals surface area contributed by atoms with Gasteiger partial charge in [0.05, 0.1) is 6.54 Å². The first-order valence-corrected chi connectivity index (χ1v) is 8.06. The summed E-state index contributed by atoms with van der Waals surface area (Å²) < 4.78 is 38.3. The van der Waals surface area contributed by atoms with Crippen molar-refractivity contribution >= 4 is 0 Å². The molecule has 0 saturated carbocycles. The molecule has 0 amide bonds. The Kier molecular flexibility index (Phi) is 4.84. The van der Waals surface area contributed by atoms with E-state index in [9.17, 15) is 0 Å². The van der Waals surface area contributed by atoms with Crippen LogP contribution < -0.4 is 23.2 Å². The third-order valence-electron chi connectivity index (χ3n) is 3.47. The van der Waals surface area contributed by atoms with Gasteiger partial charge in [0.1, 0.15) is 5.69 Å². The second-order valence-corrected chi connectivity index (χ2v) is 6.15. The average Bonchev–Trinajstić information content (AvgIpc) is 2.85. The van der Waals surface area contributed by atoms with Crippen LogP contribution >= 0.6 is 0 Å². The summed E-state index contributed by atoms with van der Waals surface area (Å²) in [4.78, 5) is 0. The monoisotopic (exact) mass is 327 g/mol. The van der Waals surface area contributed by atoms with Crippen molar-refractivity contribution in [3.05, 3.63) is 41.0 Å². The highest BCUT2D eigenvalue weighted by molar-refractivity contribution is 5.48. The normalized spacial score (nSPS) is 13.6. The van der Waals surface area contributed by atoms with E-state index in [4.69, 9.17) is 23.7 Å². The predicted molar refractivity (Wildman–Crippen MR) is 66.3 cm³/mol. The molecule has 3 rings (SSSR count). The summed E-state index contributed by atoms with van der Waals surface area (Å²) in [7, 11) is -4.94. The van der Waals surface area contributed by atoms with Crippen molar-refractivity contribution in [3.63, 3.8) is 0 Å². The molecule has 0 saturated heterocycles. The molecule has 1 aliphatic heterocycles. The molecule has 0 atom stereocenters. The topological polar surface area (TPSA) is 114 Å². The molecule has 0 fully saturated rings. The van der Waals surface area contributed by atoms with Crippen molar-refractivity contribution in [2.75, 3.05) is 0 Å². The summed E-state index contributed by atoms with van der Waals surface area (Å²) in [5, 5.41) is 4.69. The second kappa shape index (κ2) is 6.31. The zero-order chi connectivity index (χ0) is 16.5. The van der Waals surface area contributed by atoms with Crippen LogP contribution in [0.3, 0.4) is 0 Å². The van der Waals surface area contributed by atoms with E-state index < -0.39 is 10.2 Å². The van der Waals surface area contributed by atoms with Gasteiger partial charge in [-0.25, -0.2) is 23.2 Å². The fourth-order valence-corrected chi connectivity index (χ4v) is 2.84. The molecular weight excluding hydrogens is 310 g/mol. The number of fused-ring (bicyclic) bond motifs is 1. The Morgan fingerprint density at radius 2 is 1.64 bits per heavy atom. The Bertz CT molecular complexity index is 629. The largest absolute Gasteiger partial charge is 0.278 e. The Balaban J connectivity index is 0.000000309. The van der Waals surface area contributed by atoms with Crippen molar-refractivity contribution in [2.45, 2.75) is 40.2 Å². The fraction of sp³-hybridized carbons (Fsp3) is 0.429. The molecule has 1 aromatic carbocycles. The predicted octanol–water partition coefficient (Wildman–Crippen LogP) is -2.72. The first-order valence-electron chi connectivity index (χ1n) is 6.83. The number of halogens is 1. The van der Waals surface area contributed by atoms with Gasteiger partial charge in [-0.05, 0) is 38.3 Å². The van der Waals surface area contributed by atoms with Gasteiger partial charge in [-0.1, -0.05) is 22.4 Å². The minimum Gasteiger partial charge on any atom is -0.234 e. The molecule has 0 unspecified atom stereocenters. The number of aryl methyl sites for hydroxylation is 5. The molecule has 2 heterocycles. The molecule has 1 aliphatic rings. The maximum Gasteiger partial charge on any atom is 0.278 e. The lowest BCUT2D eigenvalue weighted by atomic mass is 10.1. The molecule has 22 heavy (non-hydrogen) atoms. The van der Waals surface area contributed by atoms with Crippen molar-refractivity contribution in [1.82, 2.24) is 9.78 Å². The van der Waals surface area contributed by atoms with Gasteiger partial charge in [-0.2, -0.15) is 0 Å². The smallest absolute Gasteiger partial charge is 0.234 e. The van der Waals surface area contributed by atoms with Crippen LogP contribution in [0, 0.1) is 31.0 Å². The number of aromatic nitrogens is 3. The molecule has 8 heteroatoms. The van der Waals surface area contributed by atoms with Crippen LogP contribution in [0.2, 0.25) is 0 Å². The maximum absolute atomic E-state index is 8.49. The Morgan fingerprint density at radius 3 is 2.14 bits per heavy atom. The van der Waals surface area contributed by atoms with E-state index in [2.05, 4.69) is 43.8 Å². The highest BCUT2D eigenvalue weighted by Crippen LogP contribution is 2.20. The van der Waals surface area contributed by atoms with Gasteiger partial charge in [0, 0.05) is 11.5 Å². The van der Waals surface area contributed by atoms with Crippen LogP contribution in [0.25, 0.3) is 5.69 Å². The lowest BCUT2D eigenvalue weighted by molar-refractivity contribution is -2.00. The van der Waals surface area contributed by atoms with Gasteiger partial charge in [0.25, 0.3) is 5.82 Å². The first kappa shape index (κ1) is 16.9. The summed E-state index contributed by atoms with van der Waals surface area (Å²) in [5.41, 5.74) is 5.14. The van der Waals surface area contributed by atoms with Gasteiger partial charge in [0.2, 0.25) is 6.33 Å². The van der Waals surface area contributed by atoms with Gasteiger partial charge >= 0.3 is 0 Å². The minimum atomic E-state index is -4.94. The molecule has 120 valence electrons. The molecule has 2 aromatic rings. The van der Waals surface area contributed by atoms with E-state index in [-0.39, 0.29) is 0 Å². The van der Waals surface area contributed by atoms with E-state index >= 15 is 0 Å². The Morgan fingerprint density at radius 1 is 1.09 bits per heavy atom. The summed E-state index contributed by atoms with van der Waals surface area (Å²) >= 11 is 0. The van der Waals surface area contributed by atoms with E-state index in [1.54, 1.807) is 0 Å². The van der Waals surface area contributed by atoms with E-state index in [1.807, 2.05) is 4.68 Å². The van der Waals surface area contributed by atoms with Gasteiger partial charge in [0.15, 0.2) is 0 Å². The van der Waals surface area contributed by atoms with Crippen LogP contribution in [-0.2, 0) is 13.0 Å². The van der Waals surface area contributed by atoms with Gasteiger partial charge < -0.3 is 0 Å². The third kappa shape index (κ3) is 4.25. The van der Waals surface area contributed by atoms with Crippen molar-refractivity contribution < 1.29 is 33.4 Å². The van der Waals surface area contributed by atoms with Crippen molar-refractivity contribution in [1.29, 1.82) is 0 Å². The van der Waals surface area contributed by atoms with Crippen LogP contribution in [0.4, 0.5) is 0 Å². The maximum atomic E-state index is 8.49. The number of benzene rings is 1. The lowest BCUT2D eigenvalue weighted by Crippen LogP contribution is -2.68. The molecule has 0 bridgehead atoms. The van der Waals surface area contributed by atoms with Crippen LogP contribution in [0.15, 0.2) is 18.5 Å². The summed E-state index contributed by atoms with van der Waals surface area (Å²) in [6.07, 6.45) is 4.47. The van der Waals surface area contributed by atoms with Gasteiger partial charge in [-0.15, -0.1) is 10.2 Å². The highest BCUT2D eigenvalue weighted by Gasteiger charge is 2.24. The zero-order valence-electron chi connectivity index (χ0n) is 12.7. The Labute approximate surface area is 130 Å². The molecule has 7 nitrogen and oxygen atoms in total. The number of rotatable bonds is 1. The summed E-state index contributed by atoms with van der Waals surface area (Å²) in [6.45, 7) is 7.57. The average molecular weight is 328 g/mol. The molecule has 0 N–H and O–H groups in total. The number of hydrogen-bond donors (Lipinski definition) is 0. The fourth-order valence-electron chi connectivity index (χ4n) is 2.84. The van der Waals surface area contributed by atoms with Crippen molar-refractivity contribution in [2.24, 2.45) is 0 Å². The van der Waals surface area contributed by atoms with Crippen LogP contribution in [0.1, 0.15) is 28.9 Å². The molecule has 0 spiro atoms. The standard InChI is InChI=1S/C14H18N3.ClHO4/c1-10-7-11(2)14(12(3)8-10)17-9-16-6-4-5-13(16)15-17;2-1(3,4)5/h7-9H,4-6H2,1-3H3;(H,2,3,4,5)/q+1;/p-1. The second-order valence-electron chi connectivity index (χ2n) is 5.40. The van der Waals surface area contributed by atoms with Crippen LogP contribution in [-0.4, -0.2) is 9.78 Å². The zero-order valence-corrected chi connectivity index (χ0v) is 13.5. The quantitative estimate of drug-likeness (QED) is 0.528. The lowest BCUT2D eigenvalue weighted by Gasteiger charge is -2.17. The SMILES string of the molecule is Cc1cc(C)c(-n2c[n+]3c(n2)CCC3)c(C)c1.[O-][Cl+3]([O-])([O-])[O-]. The summed E-state index contributed by atoms with van der Waals surface area (Å²) in [5.74, 6) is 1.21. The molecular formula is C14H18ClN3O4. The molecule has 0 aliphatic carbocycles. The van der Waals surface area contributed by atoms with Crippen molar-refractivity contribution in [3.8, 4) is 5.69 Å². The van der Waals surface area contributed by atoms with E-state index in [1.165, 1.54) is 34.6 Å². The van der Waals surface area contributed by atoms with E-state index in [0.29, 0.717) is 0 Å². The first-order chi connectivity index (χ1) is 10.1. The Hall–Kier alpha value is -1.51. The van der Waals surface area contributed by atoms with Crippen LogP contribution in [0.5, 0.6) is 0 Å². The minimum absolute atomic E-state index is 1.11. The number of nitrogens with zero attached hydrogens (tertiary/aromatic N) is 3. The molecule has 0 radical (unpaired) electrons. The summed E-state index contributed by atoms with van der Waals surface area (Å²) in [6, 6.07) is 4.44. The molecule has 1 aromatic heterocycles. The highest BCUT2D eigenvalue weighted by atomic mass is 35.7. The van der Waals surface area contributed by atoms with Gasteiger partial charge in [-0.3, -0.25) is 0 Å².